The second kappa shape index (κ2) is 9.27. The second-order valence-electron chi connectivity index (χ2n) is 7.89. The van der Waals surface area contributed by atoms with Gasteiger partial charge in [-0.05, 0) is 89.4 Å². The first-order valence-corrected chi connectivity index (χ1v) is 10.5. The number of aryl methyl sites for hydroxylation is 2. The van der Waals surface area contributed by atoms with Gasteiger partial charge in [-0.1, -0.05) is 24.3 Å². The molecule has 164 valence electrons. The Morgan fingerprint density at radius 3 is 2.25 bits per heavy atom. The van der Waals surface area contributed by atoms with Gasteiger partial charge in [0.2, 0.25) is 0 Å². The number of carboxylic acids is 1. The molecule has 0 atom stereocenters. The molecule has 0 spiro atoms. The summed E-state index contributed by atoms with van der Waals surface area (Å²) in [5.41, 5.74) is 6.31. The van der Waals surface area contributed by atoms with Gasteiger partial charge < -0.3 is 14.6 Å². The molecule has 0 saturated carbocycles. The summed E-state index contributed by atoms with van der Waals surface area (Å²) < 4.78 is 25.4. The lowest BCUT2D eigenvalue weighted by Crippen LogP contribution is -2.02. The van der Waals surface area contributed by atoms with E-state index in [4.69, 9.17) is 14.6 Å². The zero-order valence-corrected chi connectivity index (χ0v) is 18.2. The van der Waals surface area contributed by atoms with Crippen LogP contribution in [0.25, 0.3) is 5.57 Å². The molecule has 5 heteroatoms. The minimum atomic E-state index is -0.933. The Labute approximate surface area is 186 Å². The van der Waals surface area contributed by atoms with Crippen LogP contribution in [0.5, 0.6) is 11.5 Å². The van der Waals surface area contributed by atoms with E-state index in [9.17, 15) is 9.18 Å². The Kier molecular flexibility index (Phi) is 6.26. The molecule has 1 N–H and O–H groups in total. The van der Waals surface area contributed by atoms with Gasteiger partial charge >= 0.3 is 5.97 Å². The summed E-state index contributed by atoms with van der Waals surface area (Å²) in [6.45, 7) is 0. The van der Waals surface area contributed by atoms with Gasteiger partial charge in [0.05, 0.1) is 19.8 Å². The predicted molar refractivity (Wildman–Crippen MR) is 122 cm³/mol. The Morgan fingerprint density at radius 1 is 0.938 bits per heavy atom. The highest BCUT2D eigenvalue weighted by molar-refractivity contribution is 5.87. The van der Waals surface area contributed by atoms with Crippen molar-refractivity contribution in [2.75, 3.05) is 14.2 Å². The lowest BCUT2D eigenvalue weighted by Gasteiger charge is -2.15. The number of aromatic carboxylic acids is 1. The van der Waals surface area contributed by atoms with Crippen molar-refractivity contribution < 1.29 is 23.8 Å². The fourth-order valence-corrected chi connectivity index (χ4v) is 4.25. The molecule has 4 nitrogen and oxygen atoms in total. The highest BCUT2D eigenvalue weighted by Crippen LogP contribution is 2.36. The van der Waals surface area contributed by atoms with Crippen LogP contribution in [0.1, 0.15) is 38.2 Å². The van der Waals surface area contributed by atoms with Gasteiger partial charge in [0.15, 0.2) is 0 Å². The van der Waals surface area contributed by atoms with E-state index in [1.54, 1.807) is 32.4 Å². The zero-order valence-electron chi connectivity index (χ0n) is 18.2. The van der Waals surface area contributed by atoms with Crippen LogP contribution < -0.4 is 9.47 Å². The van der Waals surface area contributed by atoms with Crippen LogP contribution in [-0.4, -0.2) is 25.3 Å². The number of allylic oxidation sites excluding steroid dienone is 2. The van der Waals surface area contributed by atoms with E-state index in [0.717, 1.165) is 57.7 Å². The molecular formula is C27H25FO4. The molecule has 0 amide bonds. The van der Waals surface area contributed by atoms with Gasteiger partial charge in [-0.3, -0.25) is 0 Å². The van der Waals surface area contributed by atoms with E-state index >= 15 is 0 Å². The van der Waals surface area contributed by atoms with Gasteiger partial charge in [-0.25, -0.2) is 9.18 Å². The molecule has 4 rings (SSSR count). The van der Waals surface area contributed by atoms with Crippen LogP contribution in [0.15, 0.2) is 60.7 Å². The molecule has 0 aliphatic heterocycles. The molecular weight excluding hydrogens is 407 g/mol. The number of rotatable bonds is 8. The van der Waals surface area contributed by atoms with Crippen molar-refractivity contribution in [2.45, 2.75) is 25.7 Å². The molecule has 0 bridgehead atoms. The summed E-state index contributed by atoms with van der Waals surface area (Å²) >= 11 is 0. The topological polar surface area (TPSA) is 55.8 Å². The van der Waals surface area contributed by atoms with E-state index < -0.39 is 5.97 Å². The first-order valence-electron chi connectivity index (χ1n) is 10.5. The highest BCUT2D eigenvalue weighted by atomic mass is 19.1. The Balaban J connectivity index is 1.58. The van der Waals surface area contributed by atoms with Crippen LogP contribution in [0.2, 0.25) is 0 Å². The summed E-state index contributed by atoms with van der Waals surface area (Å²) in [5.74, 6) is 0.339. The third-order valence-corrected chi connectivity index (χ3v) is 5.91. The lowest BCUT2D eigenvalue weighted by molar-refractivity contribution is 0.0697. The van der Waals surface area contributed by atoms with Crippen LogP contribution in [-0.2, 0) is 25.7 Å². The smallest absolute Gasteiger partial charge is 0.335 e. The minimum Gasteiger partial charge on any atom is -0.497 e. The van der Waals surface area contributed by atoms with E-state index in [0.29, 0.717) is 12.8 Å². The standard InChI is InChI=1S/C27H25FO4/c1-31-22-14-18(15-23(16-22)32-2)13-21-9-11-24-25(28)12-10-19(26(21)24)6-3-17-4-7-20(8-5-17)27(29)30/h4-5,7-10,12,14-16H,3,6,11,13H2,1-2H3,(H,29,30). The number of halogens is 1. The maximum atomic E-state index is 14.6. The van der Waals surface area contributed by atoms with Crippen molar-refractivity contribution in [1.29, 1.82) is 0 Å². The number of benzene rings is 3. The van der Waals surface area contributed by atoms with E-state index in [1.807, 2.05) is 36.4 Å². The maximum Gasteiger partial charge on any atom is 0.335 e. The van der Waals surface area contributed by atoms with E-state index in [1.165, 1.54) is 0 Å². The number of fused-ring (bicyclic) bond motifs is 1. The summed E-state index contributed by atoms with van der Waals surface area (Å²) in [6.07, 6.45) is 4.83. The molecule has 32 heavy (non-hydrogen) atoms. The normalized spacial score (nSPS) is 12.3. The predicted octanol–water partition coefficient (Wildman–Crippen LogP) is 5.51. The largest absolute Gasteiger partial charge is 0.497 e. The van der Waals surface area contributed by atoms with Crippen molar-refractivity contribution >= 4 is 11.5 Å². The van der Waals surface area contributed by atoms with Crippen molar-refractivity contribution in [3.05, 3.63) is 99.9 Å². The van der Waals surface area contributed by atoms with Gasteiger partial charge in [-0.15, -0.1) is 0 Å². The fourth-order valence-electron chi connectivity index (χ4n) is 4.25. The third-order valence-electron chi connectivity index (χ3n) is 5.91. The number of carboxylic acid groups (broad SMARTS) is 1. The van der Waals surface area contributed by atoms with Crippen molar-refractivity contribution in [2.24, 2.45) is 0 Å². The quantitative estimate of drug-likeness (QED) is 0.510. The van der Waals surface area contributed by atoms with Gasteiger partial charge in [0.1, 0.15) is 17.3 Å². The average molecular weight is 432 g/mol. The molecule has 0 saturated heterocycles. The molecule has 0 fully saturated rings. The van der Waals surface area contributed by atoms with Crippen molar-refractivity contribution in [1.82, 2.24) is 0 Å². The number of ether oxygens (including phenoxy) is 2. The summed E-state index contributed by atoms with van der Waals surface area (Å²) in [4.78, 5) is 11.1. The Morgan fingerprint density at radius 2 is 1.62 bits per heavy atom. The SMILES string of the molecule is COc1cc(CC2=CCc3c(F)ccc(CCc4ccc(C(=O)O)cc4)c32)cc(OC)c1. The Hall–Kier alpha value is -3.60. The summed E-state index contributed by atoms with van der Waals surface area (Å²) in [5, 5.41) is 9.07. The molecule has 3 aromatic carbocycles. The zero-order chi connectivity index (χ0) is 22.7. The van der Waals surface area contributed by atoms with Gasteiger partial charge in [-0.2, -0.15) is 0 Å². The lowest BCUT2D eigenvalue weighted by atomic mass is 9.91. The molecule has 0 radical (unpaired) electrons. The number of hydrogen-bond donors (Lipinski definition) is 1. The van der Waals surface area contributed by atoms with Gasteiger partial charge in [0.25, 0.3) is 0 Å². The van der Waals surface area contributed by atoms with Crippen LogP contribution in [0, 0.1) is 5.82 Å². The number of hydrogen-bond acceptors (Lipinski definition) is 3. The molecule has 3 aromatic rings. The first-order chi connectivity index (χ1) is 15.5. The minimum absolute atomic E-state index is 0.177. The molecule has 0 heterocycles. The average Bonchev–Trinajstić information content (AvgIpc) is 3.23. The van der Waals surface area contributed by atoms with Crippen LogP contribution in [0.3, 0.4) is 0 Å². The molecule has 1 aliphatic carbocycles. The van der Waals surface area contributed by atoms with E-state index in [2.05, 4.69) is 6.08 Å². The maximum absolute atomic E-state index is 14.6. The van der Waals surface area contributed by atoms with E-state index in [-0.39, 0.29) is 11.4 Å². The molecule has 1 aliphatic rings. The number of methoxy groups -OCH3 is 2. The monoisotopic (exact) mass is 432 g/mol. The van der Waals surface area contributed by atoms with Crippen molar-refractivity contribution in [3.63, 3.8) is 0 Å². The van der Waals surface area contributed by atoms with Crippen LogP contribution >= 0.6 is 0 Å². The number of carbonyl (C=O) groups is 1. The molecule has 0 unspecified atom stereocenters. The van der Waals surface area contributed by atoms with Crippen LogP contribution in [0.4, 0.5) is 4.39 Å². The summed E-state index contributed by atoms with van der Waals surface area (Å²) in [6, 6.07) is 16.1. The van der Waals surface area contributed by atoms with Gasteiger partial charge in [0, 0.05) is 6.07 Å². The summed E-state index contributed by atoms with van der Waals surface area (Å²) in [7, 11) is 3.25. The fraction of sp³-hybridized carbons (Fsp3) is 0.222. The highest BCUT2D eigenvalue weighted by Gasteiger charge is 2.22. The van der Waals surface area contributed by atoms with Crippen molar-refractivity contribution in [3.8, 4) is 11.5 Å². The second-order valence-corrected chi connectivity index (χ2v) is 7.89. The third kappa shape index (κ3) is 4.52. The first kappa shape index (κ1) is 21.6. The Bertz CT molecular complexity index is 1160. The molecule has 0 aromatic heterocycles.